The molecular weight excluding hydrogens is 188 g/mol. The molecule has 2 nitrogen and oxygen atoms in total. The fraction of sp³-hybridized carbons (Fsp3) is 0.900. The summed E-state index contributed by atoms with van der Waals surface area (Å²) in [7, 11) is 0. The highest BCUT2D eigenvalue weighted by Crippen LogP contribution is 2.20. The lowest BCUT2D eigenvalue weighted by atomic mass is 10.0. The zero-order valence-electron chi connectivity index (χ0n) is 8.72. The van der Waals surface area contributed by atoms with Gasteiger partial charge in [0.1, 0.15) is 5.78 Å². The van der Waals surface area contributed by atoms with Crippen molar-refractivity contribution >= 4 is 5.78 Å². The highest BCUT2D eigenvalue weighted by atomic mass is 19.3. The largest absolute Gasteiger partial charge is 0.300 e. The third-order valence-corrected chi connectivity index (χ3v) is 2.66. The fourth-order valence-electron chi connectivity index (χ4n) is 1.72. The molecule has 1 saturated heterocycles. The van der Waals surface area contributed by atoms with Gasteiger partial charge in [0.2, 0.25) is 5.92 Å². The van der Waals surface area contributed by atoms with E-state index in [9.17, 15) is 13.6 Å². The van der Waals surface area contributed by atoms with Gasteiger partial charge in [-0.05, 0) is 13.8 Å². The van der Waals surface area contributed by atoms with Gasteiger partial charge in [-0.25, -0.2) is 8.78 Å². The van der Waals surface area contributed by atoms with E-state index in [-0.39, 0.29) is 18.2 Å². The lowest BCUT2D eigenvalue weighted by Gasteiger charge is -2.33. The van der Waals surface area contributed by atoms with Crippen LogP contribution in [0.5, 0.6) is 0 Å². The molecule has 1 aliphatic heterocycles. The Kier molecular flexibility index (Phi) is 3.59. The van der Waals surface area contributed by atoms with Gasteiger partial charge in [0.15, 0.2) is 0 Å². The zero-order valence-corrected chi connectivity index (χ0v) is 8.72. The molecule has 0 aromatic rings. The van der Waals surface area contributed by atoms with Gasteiger partial charge in [-0.2, -0.15) is 0 Å². The summed E-state index contributed by atoms with van der Waals surface area (Å²) in [5.41, 5.74) is 0. The number of rotatable bonds is 3. The van der Waals surface area contributed by atoms with Crippen LogP contribution in [0.4, 0.5) is 8.78 Å². The van der Waals surface area contributed by atoms with Crippen molar-refractivity contribution in [2.24, 2.45) is 0 Å². The lowest BCUT2D eigenvalue weighted by molar-refractivity contribution is -0.123. The number of hydrogen-bond acceptors (Lipinski definition) is 2. The first-order valence-electron chi connectivity index (χ1n) is 5.02. The first-order valence-corrected chi connectivity index (χ1v) is 5.02. The van der Waals surface area contributed by atoms with Crippen LogP contribution in [-0.2, 0) is 4.79 Å². The molecule has 1 aliphatic rings. The van der Waals surface area contributed by atoms with Crippen molar-refractivity contribution in [2.75, 3.05) is 13.1 Å². The highest BCUT2D eigenvalue weighted by molar-refractivity contribution is 5.79. The van der Waals surface area contributed by atoms with E-state index >= 15 is 0 Å². The molecule has 82 valence electrons. The summed E-state index contributed by atoms with van der Waals surface area (Å²) in [6.45, 7) is 3.88. The van der Waals surface area contributed by atoms with Crippen LogP contribution >= 0.6 is 0 Å². The Morgan fingerprint density at radius 2 is 2.21 bits per heavy atom. The average molecular weight is 205 g/mol. The number of hydrogen-bond donors (Lipinski definition) is 0. The molecule has 0 bridgehead atoms. The second kappa shape index (κ2) is 4.34. The molecule has 0 saturated carbocycles. The van der Waals surface area contributed by atoms with Crippen LogP contribution in [0.15, 0.2) is 0 Å². The molecule has 4 heteroatoms. The number of carbonyl (C=O) groups excluding carboxylic acids is 1. The Bertz CT molecular complexity index is 213. The number of carbonyl (C=O) groups is 1. The van der Waals surface area contributed by atoms with Crippen molar-refractivity contribution < 1.29 is 13.6 Å². The minimum absolute atomic E-state index is 0.120. The summed E-state index contributed by atoms with van der Waals surface area (Å²) in [6, 6.07) is 0.124. The van der Waals surface area contributed by atoms with Crippen LogP contribution in [0.2, 0.25) is 0 Å². The van der Waals surface area contributed by atoms with Gasteiger partial charge in [0.25, 0.3) is 0 Å². The van der Waals surface area contributed by atoms with Crippen LogP contribution in [0.1, 0.15) is 33.1 Å². The summed E-state index contributed by atoms with van der Waals surface area (Å²) < 4.78 is 25.2. The van der Waals surface area contributed by atoms with E-state index in [4.69, 9.17) is 0 Å². The summed E-state index contributed by atoms with van der Waals surface area (Å²) in [6.07, 6.45) is 0.903. The SMILES string of the molecule is CC1CC(=O)CCN1CCC(C)(F)F. The molecular formula is C10H17F2NO. The van der Waals surface area contributed by atoms with Crippen LogP contribution in [0.3, 0.4) is 0 Å². The smallest absolute Gasteiger partial charge is 0.246 e. The van der Waals surface area contributed by atoms with E-state index in [2.05, 4.69) is 0 Å². The Balaban J connectivity index is 2.34. The van der Waals surface area contributed by atoms with Crippen LogP contribution in [0, 0.1) is 0 Å². The van der Waals surface area contributed by atoms with Gasteiger partial charge in [-0.15, -0.1) is 0 Å². The van der Waals surface area contributed by atoms with Gasteiger partial charge < -0.3 is 0 Å². The van der Waals surface area contributed by atoms with E-state index < -0.39 is 5.92 Å². The number of ketones is 1. The molecule has 0 spiro atoms. The Hall–Kier alpha value is -0.510. The van der Waals surface area contributed by atoms with Crippen LogP contribution in [-0.4, -0.2) is 35.7 Å². The van der Waals surface area contributed by atoms with E-state index in [1.807, 2.05) is 11.8 Å². The van der Waals surface area contributed by atoms with Crippen molar-refractivity contribution in [1.29, 1.82) is 0 Å². The molecule has 0 aromatic heterocycles. The van der Waals surface area contributed by atoms with Crippen molar-refractivity contribution in [3.8, 4) is 0 Å². The predicted octanol–water partition coefficient (Wildman–Crippen LogP) is 2.09. The topological polar surface area (TPSA) is 20.3 Å². The molecule has 0 aliphatic carbocycles. The second-order valence-corrected chi connectivity index (χ2v) is 4.20. The number of piperidine rings is 1. The number of nitrogens with zero attached hydrogens (tertiary/aromatic N) is 1. The molecule has 1 unspecified atom stereocenters. The molecule has 1 rings (SSSR count). The van der Waals surface area contributed by atoms with Crippen LogP contribution < -0.4 is 0 Å². The quantitative estimate of drug-likeness (QED) is 0.703. The average Bonchev–Trinajstić information content (AvgIpc) is 2.00. The molecule has 0 radical (unpaired) electrons. The Morgan fingerprint density at radius 3 is 2.71 bits per heavy atom. The van der Waals surface area contributed by atoms with Crippen molar-refractivity contribution in [1.82, 2.24) is 4.90 Å². The fourth-order valence-corrected chi connectivity index (χ4v) is 1.72. The summed E-state index contributed by atoms with van der Waals surface area (Å²) in [4.78, 5) is 13.0. The van der Waals surface area contributed by atoms with Crippen molar-refractivity contribution in [2.45, 2.75) is 45.1 Å². The number of likely N-dealkylation sites (tertiary alicyclic amines) is 1. The van der Waals surface area contributed by atoms with E-state index in [0.29, 0.717) is 25.9 Å². The first-order chi connectivity index (χ1) is 6.38. The van der Waals surface area contributed by atoms with Crippen molar-refractivity contribution in [3.63, 3.8) is 0 Å². The summed E-state index contributed by atoms with van der Waals surface area (Å²) in [5, 5.41) is 0. The van der Waals surface area contributed by atoms with Crippen LogP contribution in [0.25, 0.3) is 0 Å². The monoisotopic (exact) mass is 205 g/mol. The second-order valence-electron chi connectivity index (χ2n) is 4.20. The number of halogens is 2. The molecule has 14 heavy (non-hydrogen) atoms. The molecule has 1 fully saturated rings. The number of Topliss-reactive ketones (excluding diaryl/α,β-unsaturated/α-hetero) is 1. The highest BCUT2D eigenvalue weighted by Gasteiger charge is 2.27. The zero-order chi connectivity index (χ0) is 10.8. The standard InChI is InChI=1S/C10H17F2NO/c1-8-7-9(14)3-5-13(8)6-4-10(2,11)12/h8H,3-7H2,1-2H3. The Morgan fingerprint density at radius 1 is 1.57 bits per heavy atom. The van der Waals surface area contributed by atoms with E-state index in [1.165, 1.54) is 0 Å². The van der Waals surface area contributed by atoms with Gasteiger partial charge in [0.05, 0.1) is 0 Å². The van der Waals surface area contributed by atoms with Gasteiger partial charge >= 0.3 is 0 Å². The predicted molar refractivity (Wildman–Crippen MR) is 50.5 cm³/mol. The minimum Gasteiger partial charge on any atom is -0.300 e. The third-order valence-electron chi connectivity index (χ3n) is 2.66. The molecule has 1 heterocycles. The van der Waals surface area contributed by atoms with Gasteiger partial charge in [-0.1, -0.05) is 0 Å². The summed E-state index contributed by atoms with van der Waals surface area (Å²) >= 11 is 0. The summed E-state index contributed by atoms with van der Waals surface area (Å²) in [5.74, 6) is -2.35. The van der Waals surface area contributed by atoms with Crippen molar-refractivity contribution in [3.05, 3.63) is 0 Å². The number of alkyl halides is 2. The molecule has 1 atom stereocenters. The molecule has 0 aromatic carbocycles. The maximum Gasteiger partial charge on any atom is 0.246 e. The van der Waals surface area contributed by atoms with E-state index in [1.54, 1.807) is 0 Å². The normalized spacial score (nSPS) is 25.4. The maximum atomic E-state index is 12.6. The first kappa shape index (κ1) is 11.6. The third kappa shape index (κ3) is 3.70. The molecule has 0 N–H and O–H groups in total. The van der Waals surface area contributed by atoms with Gasteiger partial charge in [-0.3, -0.25) is 9.69 Å². The van der Waals surface area contributed by atoms with E-state index in [0.717, 1.165) is 6.92 Å². The minimum atomic E-state index is -2.60. The van der Waals surface area contributed by atoms with Gasteiger partial charge in [0, 0.05) is 38.4 Å². The maximum absolute atomic E-state index is 12.6. The Labute approximate surface area is 83.3 Å². The lowest BCUT2D eigenvalue weighted by Crippen LogP contribution is -2.42. The molecule has 0 amide bonds.